The van der Waals surface area contributed by atoms with Gasteiger partial charge in [0.1, 0.15) is 5.78 Å². The number of aliphatic hydroxyl groups is 2. The molecule has 44 heavy (non-hydrogen) atoms. The number of allylic oxidation sites excluding steroid dienone is 3. The van der Waals surface area contributed by atoms with E-state index in [-0.39, 0.29) is 18.9 Å². The van der Waals surface area contributed by atoms with Crippen molar-refractivity contribution in [3.05, 3.63) is 23.8 Å². The second-order valence-corrected chi connectivity index (χ2v) is 12.9. The van der Waals surface area contributed by atoms with E-state index in [1.165, 1.54) is 0 Å². The lowest BCUT2D eigenvalue weighted by atomic mass is 9.92. The maximum atomic E-state index is 12.9. The smallest absolute Gasteiger partial charge is 0.309 e. The summed E-state index contributed by atoms with van der Waals surface area (Å²) in [5.41, 5.74) is 0.985. The summed E-state index contributed by atoms with van der Waals surface area (Å²) in [6.45, 7) is 7.94. The van der Waals surface area contributed by atoms with Crippen molar-refractivity contribution in [3.8, 4) is 0 Å². The van der Waals surface area contributed by atoms with Crippen molar-refractivity contribution in [2.24, 2.45) is 17.8 Å². The Hall–Kier alpha value is -2.07. The largest absolute Gasteiger partial charge is 0.452 e. The predicted molar refractivity (Wildman–Crippen MR) is 171 cm³/mol. The summed E-state index contributed by atoms with van der Waals surface area (Å²) in [6, 6.07) is 0. The molecular formula is C35H59NO8. The lowest BCUT2D eigenvalue weighted by molar-refractivity contribution is -0.181. The van der Waals surface area contributed by atoms with Gasteiger partial charge in [0.15, 0.2) is 12.4 Å². The molecule has 1 fully saturated rings. The zero-order valence-corrected chi connectivity index (χ0v) is 27.8. The average molecular weight is 622 g/mol. The third kappa shape index (κ3) is 13.9. The van der Waals surface area contributed by atoms with Crippen LogP contribution < -0.4 is 5.32 Å². The number of methoxy groups -OCH3 is 1. The van der Waals surface area contributed by atoms with Crippen molar-refractivity contribution >= 4 is 17.7 Å². The fraction of sp³-hybridized carbons (Fsp3) is 0.800. The van der Waals surface area contributed by atoms with Gasteiger partial charge in [-0.05, 0) is 68.8 Å². The minimum absolute atomic E-state index is 0.0220. The van der Waals surface area contributed by atoms with Gasteiger partial charge in [-0.3, -0.25) is 14.4 Å². The number of nitrogens with one attached hydrogen (secondary N) is 1. The van der Waals surface area contributed by atoms with Crippen LogP contribution in [-0.4, -0.2) is 72.2 Å². The zero-order valence-electron chi connectivity index (χ0n) is 27.8. The lowest BCUT2D eigenvalue weighted by Crippen LogP contribution is -2.44. The summed E-state index contributed by atoms with van der Waals surface area (Å²) in [5, 5.41) is 24.1. The molecule has 0 aromatic rings. The van der Waals surface area contributed by atoms with Gasteiger partial charge in [-0.2, -0.15) is 0 Å². The molecule has 3 N–H and O–H groups in total. The number of hydrogen-bond donors (Lipinski definition) is 3. The molecule has 3 heterocycles. The normalized spacial score (nSPS) is 35.4. The molecule has 3 rings (SSSR count). The number of amides is 1. The molecule has 0 saturated carbocycles. The highest BCUT2D eigenvalue weighted by Gasteiger charge is 2.32. The van der Waals surface area contributed by atoms with E-state index in [9.17, 15) is 24.6 Å². The van der Waals surface area contributed by atoms with Crippen LogP contribution in [0, 0.1) is 17.8 Å². The number of carbonyl (C=O) groups is 3. The van der Waals surface area contributed by atoms with Gasteiger partial charge in [0.2, 0.25) is 0 Å². The molecule has 0 unspecified atom stereocenters. The summed E-state index contributed by atoms with van der Waals surface area (Å²) < 4.78 is 17.2. The van der Waals surface area contributed by atoms with Crippen LogP contribution in [0.3, 0.4) is 0 Å². The van der Waals surface area contributed by atoms with E-state index in [1.807, 2.05) is 26.0 Å². The molecule has 3 aliphatic rings. The highest BCUT2D eigenvalue weighted by molar-refractivity contribution is 5.84. The second-order valence-electron chi connectivity index (χ2n) is 12.9. The van der Waals surface area contributed by atoms with E-state index in [0.29, 0.717) is 62.6 Å². The number of carbonyl (C=O) groups excluding carboxylic acids is 3. The minimum atomic E-state index is -0.996. The van der Waals surface area contributed by atoms with Crippen LogP contribution >= 0.6 is 0 Å². The van der Waals surface area contributed by atoms with E-state index < -0.39 is 42.6 Å². The molecule has 9 heteroatoms. The van der Waals surface area contributed by atoms with Crippen LogP contribution in [0.5, 0.6) is 0 Å². The van der Waals surface area contributed by atoms with Crippen molar-refractivity contribution in [2.75, 3.05) is 13.7 Å². The maximum Gasteiger partial charge on any atom is 0.309 e. The summed E-state index contributed by atoms with van der Waals surface area (Å²) >= 11 is 0. The zero-order chi connectivity index (χ0) is 32.5. The first kappa shape index (κ1) is 38.1. The first-order chi connectivity index (χ1) is 21.1. The van der Waals surface area contributed by atoms with E-state index in [2.05, 4.69) is 25.2 Å². The number of ether oxygens (including phenoxy) is 3. The molecular weight excluding hydrogens is 562 g/mol. The van der Waals surface area contributed by atoms with E-state index >= 15 is 0 Å². The molecule has 1 saturated heterocycles. The molecule has 252 valence electrons. The SMILES string of the molecule is CCC[C@@H]1OC(=O)[C@@H](C)C[C@@H](C)CCCCC(=O)CCC[C@@H](CC)/C=C/C=C2/CC[C@H](O[C@@H]2OC)[C@H](O)C[C@H](O)CNC1=O. The summed E-state index contributed by atoms with van der Waals surface area (Å²) in [6.07, 6.45) is 12.0. The van der Waals surface area contributed by atoms with Crippen molar-refractivity contribution in [3.63, 3.8) is 0 Å². The lowest BCUT2D eigenvalue weighted by Gasteiger charge is -2.34. The van der Waals surface area contributed by atoms with Crippen LogP contribution in [0.4, 0.5) is 0 Å². The number of hydrogen-bond acceptors (Lipinski definition) is 8. The van der Waals surface area contributed by atoms with Crippen LogP contribution in [0.25, 0.3) is 0 Å². The molecule has 0 radical (unpaired) electrons. The maximum absolute atomic E-state index is 12.9. The van der Waals surface area contributed by atoms with Gasteiger partial charge in [-0.15, -0.1) is 0 Å². The molecule has 0 aromatic heterocycles. The molecule has 8 atom stereocenters. The first-order valence-electron chi connectivity index (χ1n) is 17.0. The Balaban J connectivity index is 2.11. The topological polar surface area (TPSA) is 131 Å². The second kappa shape index (κ2) is 20.9. The van der Waals surface area contributed by atoms with Gasteiger partial charge in [0.25, 0.3) is 5.91 Å². The Kier molecular flexibility index (Phi) is 18.1. The molecule has 1 amide bonds. The minimum Gasteiger partial charge on any atom is -0.452 e. The molecule has 3 aliphatic heterocycles. The Bertz CT molecular complexity index is 934. The van der Waals surface area contributed by atoms with Crippen molar-refractivity contribution < 1.29 is 38.8 Å². The van der Waals surface area contributed by atoms with Crippen molar-refractivity contribution in [1.29, 1.82) is 0 Å². The molecule has 0 spiro atoms. The summed E-state index contributed by atoms with van der Waals surface area (Å²) in [7, 11) is 1.57. The van der Waals surface area contributed by atoms with Crippen LogP contribution in [-0.2, 0) is 28.6 Å². The van der Waals surface area contributed by atoms with Gasteiger partial charge < -0.3 is 29.7 Å². The Morgan fingerprint density at radius 2 is 1.73 bits per heavy atom. The monoisotopic (exact) mass is 621 g/mol. The fourth-order valence-corrected chi connectivity index (χ4v) is 6.09. The summed E-state index contributed by atoms with van der Waals surface area (Å²) in [5.74, 6) is -0.205. The first-order valence-corrected chi connectivity index (χ1v) is 17.0. The number of Topliss-reactive ketones (excluding diaryl/α,β-unsaturated/α-hetero) is 1. The van der Waals surface area contributed by atoms with Gasteiger partial charge in [0, 0.05) is 32.9 Å². The number of rotatable bonds is 4. The highest BCUT2D eigenvalue weighted by Crippen LogP contribution is 2.28. The van der Waals surface area contributed by atoms with Crippen molar-refractivity contribution in [1.82, 2.24) is 5.32 Å². The average Bonchev–Trinajstić information content (AvgIpc) is 3.00. The van der Waals surface area contributed by atoms with E-state index in [4.69, 9.17) is 14.2 Å². The molecule has 0 aliphatic carbocycles. The predicted octanol–water partition coefficient (Wildman–Crippen LogP) is 5.56. The standard InChI is InChI=1S/C35H59NO8/c1-6-12-32-33(40)36-23-29(38)22-30(39)31-20-19-27(35(42-5)44-31)16-10-14-26(7-2)15-11-18-28(37)17-9-8-13-24(3)21-25(4)34(41)43-32/h10,14,16,24-26,29-32,35,38-39H,6-9,11-13,15,17-23H2,1-5H3,(H,36,40)/b14-10+,27-16-/t24-,25-,26-,29-,30+,31-,32-,35-/m0/s1. The highest BCUT2D eigenvalue weighted by atomic mass is 16.7. The van der Waals surface area contributed by atoms with Gasteiger partial charge >= 0.3 is 5.97 Å². The van der Waals surface area contributed by atoms with Crippen molar-refractivity contribution in [2.45, 2.75) is 148 Å². The van der Waals surface area contributed by atoms with Crippen LogP contribution in [0.15, 0.2) is 23.8 Å². The third-order valence-corrected chi connectivity index (χ3v) is 8.90. The molecule has 2 bridgehead atoms. The van der Waals surface area contributed by atoms with E-state index in [1.54, 1.807) is 7.11 Å². The molecule has 0 aromatic carbocycles. The number of fused-ring (bicyclic) bond motifs is 24. The Morgan fingerprint density at radius 3 is 2.43 bits per heavy atom. The Labute approximate surface area is 265 Å². The number of esters is 1. The van der Waals surface area contributed by atoms with Crippen LogP contribution in [0.2, 0.25) is 0 Å². The Morgan fingerprint density at radius 1 is 0.977 bits per heavy atom. The van der Waals surface area contributed by atoms with Crippen LogP contribution in [0.1, 0.15) is 118 Å². The third-order valence-electron chi connectivity index (χ3n) is 8.90. The van der Waals surface area contributed by atoms with E-state index in [0.717, 1.165) is 44.1 Å². The number of aliphatic hydroxyl groups excluding tert-OH is 2. The summed E-state index contributed by atoms with van der Waals surface area (Å²) in [4.78, 5) is 38.2. The number of ketones is 1. The van der Waals surface area contributed by atoms with Gasteiger partial charge in [-0.1, -0.05) is 65.2 Å². The van der Waals surface area contributed by atoms with Gasteiger partial charge in [0.05, 0.1) is 24.2 Å². The quantitative estimate of drug-likeness (QED) is 0.348. The van der Waals surface area contributed by atoms with Gasteiger partial charge in [-0.25, -0.2) is 0 Å². The molecule has 9 nitrogen and oxygen atoms in total. The fourth-order valence-electron chi connectivity index (χ4n) is 6.09.